The van der Waals surface area contributed by atoms with E-state index in [9.17, 15) is 14.4 Å². The van der Waals surface area contributed by atoms with E-state index >= 15 is 0 Å². The fourth-order valence-electron chi connectivity index (χ4n) is 2.80. The van der Waals surface area contributed by atoms with Gasteiger partial charge in [0.1, 0.15) is 6.04 Å². The van der Waals surface area contributed by atoms with E-state index in [2.05, 4.69) is 10.6 Å². The third-order valence-electron chi connectivity index (χ3n) is 4.72. The summed E-state index contributed by atoms with van der Waals surface area (Å²) in [5, 5.41) is 5.49. The lowest BCUT2D eigenvalue weighted by Gasteiger charge is -2.24. The van der Waals surface area contributed by atoms with Crippen molar-refractivity contribution in [1.29, 1.82) is 0 Å². The lowest BCUT2D eigenvalue weighted by Crippen LogP contribution is -2.56. The minimum Gasteiger partial charge on any atom is -0.344 e. The van der Waals surface area contributed by atoms with Crippen LogP contribution < -0.4 is 22.1 Å². The summed E-state index contributed by atoms with van der Waals surface area (Å²) in [7, 11) is 0. The molecule has 0 aliphatic heterocycles. The third kappa shape index (κ3) is 8.94. The van der Waals surface area contributed by atoms with Crippen LogP contribution in [0.15, 0.2) is 30.3 Å². The predicted molar refractivity (Wildman–Crippen MR) is 115 cm³/mol. The minimum absolute atomic E-state index is 0.0720. The van der Waals surface area contributed by atoms with Gasteiger partial charge in [-0.25, -0.2) is 0 Å². The van der Waals surface area contributed by atoms with Gasteiger partial charge in [0.25, 0.3) is 0 Å². The van der Waals surface area contributed by atoms with E-state index in [1.54, 1.807) is 0 Å². The number of nitrogens with one attached hydrogen (secondary N) is 2. The van der Waals surface area contributed by atoms with Crippen molar-refractivity contribution in [2.24, 2.45) is 17.4 Å². The standard InChI is InChI=1S/C21H33ClN4O3/c1-14(2)19(24)21(29)26-17(12-15-8-4-3-5-9-15)20(28)25-16(18(27)13-22)10-6-7-11-23/h3-5,8-9,14,16-17,19H,6-7,10-13,23-24H2,1-2H3,(H,25,28)(H,26,29)/t16?,17-,19-/m0/s1. The van der Waals surface area contributed by atoms with Crippen LogP contribution in [0.25, 0.3) is 0 Å². The number of benzene rings is 1. The van der Waals surface area contributed by atoms with Gasteiger partial charge in [0.2, 0.25) is 11.8 Å². The summed E-state index contributed by atoms with van der Waals surface area (Å²) in [5.74, 6) is -1.37. The van der Waals surface area contributed by atoms with E-state index in [1.165, 1.54) is 0 Å². The number of ketones is 1. The Balaban J connectivity index is 2.94. The second-order valence-corrected chi connectivity index (χ2v) is 7.73. The predicted octanol–water partition coefficient (Wildman–Crippen LogP) is 1.12. The highest BCUT2D eigenvalue weighted by Gasteiger charge is 2.28. The quantitative estimate of drug-likeness (QED) is 0.278. The smallest absolute Gasteiger partial charge is 0.243 e. The number of halogens is 1. The summed E-state index contributed by atoms with van der Waals surface area (Å²) in [6.45, 7) is 4.18. The van der Waals surface area contributed by atoms with E-state index in [-0.39, 0.29) is 24.0 Å². The first kappa shape index (κ1) is 25.1. The Bertz CT molecular complexity index is 655. The van der Waals surface area contributed by atoms with Gasteiger partial charge >= 0.3 is 0 Å². The molecule has 1 unspecified atom stereocenters. The molecule has 3 atom stereocenters. The highest BCUT2D eigenvalue weighted by molar-refractivity contribution is 6.28. The van der Waals surface area contributed by atoms with Gasteiger partial charge in [0.15, 0.2) is 5.78 Å². The normalized spacial score (nSPS) is 14.1. The van der Waals surface area contributed by atoms with Gasteiger partial charge in [-0.2, -0.15) is 0 Å². The molecule has 29 heavy (non-hydrogen) atoms. The number of rotatable bonds is 13. The van der Waals surface area contributed by atoms with Crippen LogP contribution in [-0.2, 0) is 20.8 Å². The van der Waals surface area contributed by atoms with E-state index in [0.29, 0.717) is 19.4 Å². The molecule has 1 aromatic carbocycles. The molecule has 6 N–H and O–H groups in total. The minimum atomic E-state index is -0.852. The zero-order chi connectivity index (χ0) is 21.8. The van der Waals surface area contributed by atoms with Crippen molar-refractivity contribution in [3.05, 3.63) is 35.9 Å². The molecule has 162 valence electrons. The Morgan fingerprint density at radius 3 is 2.17 bits per heavy atom. The number of amides is 2. The van der Waals surface area contributed by atoms with Gasteiger partial charge in [-0.1, -0.05) is 44.2 Å². The topological polar surface area (TPSA) is 127 Å². The molecule has 1 rings (SSSR count). The number of alkyl halides is 1. The van der Waals surface area contributed by atoms with Crippen molar-refractivity contribution < 1.29 is 14.4 Å². The van der Waals surface area contributed by atoms with E-state index in [1.807, 2.05) is 44.2 Å². The van der Waals surface area contributed by atoms with Crippen molar-refractivity contribution in [1.82, 2.24) is 10.6 Å². The number of unbranched alkanes of at least 4 members (excludes halogenated alkanes) is 1. The molecule has 0 aliphatic carbocycles. The Morgan fingerprint density at radius 1 is 1.00 bits per heavy atom. The number of hydrogen-bond acceptors (Lipinski definition) is 5. The van der Waals surface area contributed by atoms with Crippen molar-refractivity contribution in [3.63, 3.8) is 0 Å². The molecule has 0 saturated carbocycles. The Kier molecular flexibility index (Phi) is 11.5. The largest absolute Gasteiger partial charge is 0.344 e. The third-order valence-corrected chi connectivity index (χ3v) is 4.98. The van der Waals surface area contributed by atoms with Gasteiger partial charge in [0, 0.05) is 6.42 Å². The monoisotopic (exact) mass is 424 g/mol. The Hall–Kier alpha value is -1.96. The zero-order valence-corrected chi connectivity index (χ0v) is 18.0. The van der Waals surface area contributed by atoms with Crippen molar-refractivity contribution in [3.8, 4) is 0 Å². The first-order chi connectivity index (χ1) is 13.8. The fourth-order valence-corrected chi connectivity index (χ4v) is 2.99. The molecular weight excluding hydrogens is 392 g/mol. The molecule has 2 amide bonds. The van der Waals surface area contributed by atoms with Crippen LogP contribution in [0.2, 0.25) is 0 Å². The number of nitrogens with two attached hydrogens (primary N) is 2. The lowest BCUT2D eigenvalue weighted by molar-refractivity contribution is -0.131. The van der Waals surface area contributed by atoms with Crippen molar-refractivity contribution >= 4 is 29.2 Å². The Morgan fingerprint density at radius 2 is 1.62 bits per heavy atom. The second kappa shape index (κ2) is 13.3. The highest BCUT2D eigenvalue weighted by atomic mass is 35.5. The zero-order valence-electron chi connectivity index (χ0n) is 17.2. The van der Waals surface area contributed by atoms with Crippen molar-refractivity contribution in [2.45, 2.75) is 57.7 Å². The average molecular weight is 425 g/mol. The molecule has 0 fully saturated rings. The van der Waals surface area contributed by atoms with Gasteiger partial charge in [-0.3, -0.25) is 14.4 Å². The number of Topliss-reactive ketones (excluding diaryl/α,β-unsaturated/α-hetero) is 1. The summed E-state index contributed by atoms with van der Waals surface area (Å²) >= 11 is 5.70. The van der Waals surface area contributed by atoms with Gasteiger partial charge in [0.05, 0.1) is 18.0 Å². The van der Waals surface area contributed by atoms with E-state index in [4.69, 9.17) is 23.1 Å². The molecule has 1 aromatic rings. The fraction of sp³-hybridized carbons (Fsp3) is 0.571. The molecule has 0 saturated heterocycles. The van der Waals surface area contributed by atoms with Crippen LogP contribution in [-0.4, -0.2) is 48.1 Å². The van der Waals surface area contributed by atoms with E-state index in [0.717, 1.165) is 12.0 Å². The van der Waals surface area contributed by atoms with Gasteiger partial charge in [-0.15, -0.1) is 11.6 Å². The molecule has 0 radical (unpaired) electrons. The lowest BCUT2D eigenvalue weighted by atomic mass is 10.0. The van der Waals surface area contributed by atoms with Crippen molar-refractivity contribution in [2.75, 3.05) is 12.4 Å². The maximum atomic E-state index is 13.0. The Labute approximate surface area is 177 Å². The summed E-state index contributed by atoms with van der Waals surface area (Å²) in [5.41, 5.74) is 12.3. The molecule has 8 heteroatoms. The van der Waals surface area contributed by atoms with Gasteiger partial charge < -0.3 is 22.1 Å². The maximum absolute atomic E-state index is 13.0. The van der Waals surface area contributed by atoms with Crippen LogP contribution in [0.5, 0.6) is 0 Å². The first-order valence-corrected chi connectivity index (χ1v) is 10.5. The van der Waals surface area contributed by atoms with Crippen LogP contribution in [0.3, 0.4) is 0 Å². The molecule has 0 bridgehead atoms. The van der Waals surface area contributed by atoms with Crippen LogP contribution in [0.1, 0.15) is 38.7 Å². The van der Waals surface area contributed by atoms with Crippen LogP contribution in [0.4, 0.5) is 0 Å². The summed E-state index contributed by atoms with van der Waals surface area (Å²) in [6.07, 6.45) is 2.17. The molecule has 7 nitrogen and oxygen atoms in total. The molecule has 0 spiro atoms. The molecule has 0 aliphatic rings. The van der Waals surface area contributed by atoms with Crippen LogP contribution in [0, 0.1) is 5.92 Å². The number of hydrogen-bond donors (Lipinski definition) is 4. The number of carbonyl (C=O) groups excluding carboxylic acids is 3. The maximum Gasteiger partial charge on any atom is 0.243 e. The molecule has 0 heterocycles. The highest BCUT2D eigenvalue weighted by Crippen LogP contribution is 2.08. The average Bonchev–Trinajstić information content (AvgIpc) is 2.71. The number of carbonyl (C=O) groups is 3. The molecule has 0 aromatic heterocycles. The summed E-state index contributed by atoms with van der Waals surface area (Å²) in [4.78, 5) is 37.6. The summed E-state index contributed by atoms with van der Waals surface area (Å²) < 4.78 is 0. The van der Waals surface area contributed by atoms with Gasteiger partial charge in [-0.05, 0) is 37.3 Å². The first-order valence-electron chi connectivity index (χ1n) is 9.99. The molecular formula is C21H33ClN4O3. The van der Waals surface area contributed by atoms with E-state index < -0.39 is 29.9 Å². The van der Waals surface area contributed by atoms with Crippen LogP contribution >= 0.6 is 11.6 Å². The second-order valence-electron chi connectivity index (χ2n) is 7.47. The SMILES string of the molecule is CC(C)[C@H](N)C(=O)N[C@@H](Cc1ccccc1)C(=O)NC(CCCCN)C(=O)CCl. The summed E-state index contributed by atoms with van der Waals surface area (Å²) in [6, 6.07) is 7.05.